The lowest BCUT2D eigenvalue weighted by Crippen LogP contribution is -2.20. The summed E-state index contributed by atoms with van der Waals surface area (Å²) in [6.07, 6.45) is 1.36. The molecule has 7 nitrogen and oxygen atoms in total. The monoisotopic (exact) mass is 239 g/mol. The molecule has 1 aromatic rings. The van der Waals surface area contributed by atoms with Crippen molar-refractivity contribution in [2.75, 3.05) is 5.32 Å². The van der Waals surface area contributed by atoms with E-state index in [2.05, 4.69) is 10.3 Å². The standard InChI is InChI=1S/C10H13N3O4/c1-6-3-8(13(16)17)10(11-5-6)12-7(2)4-9(14)15/h3,5,7H,4H2,1-2H3,(H,11,12)(H,14,15). The number of aryl methyl sites for hydroxylation is 1. The number of nitrogens with one attached hydrogen (secondary N) is 1. The summed E-state index contributed by atoms with van der Waals surface area (Å²) in [5.41, 5.74) is 0.523. The van der Waals surface area contributed by atoms with Crippen molar-refractivity contribution in [2.45, 2.75) is 26.3 Å². The van der Waals surface area contributed by atoms with Crippen LogP contribution in [-0.2, 0) is 4.79 Å². The minimum Gasteiger partial charge on any atom is -0.481 e. The van der Waals surface area contributed by atoms with Gasteiger partial charge in [0.15, 0.2) is 0 Å². The summed E-state index contributed by atoms with van der Waals surface area (Å²) in [5.74, 6) is -0.880. The first-order valence-electron chi connectivity index (χ1n) is 4.99. The number of aromatic nitrogens is 1. The second-order valence-electron chi connectivity index (χ2n) is 3.78. The number of anilines is 1. The topological polar surface area (TPSA) is 105 Å². The Hall–Kier alpha value is -2.18. The maximum Gasteiger partial charge on any atom is 0.311 e. The summed E-state index contributed by atoms with van der Waals surface area (Å²) in [6, 6.07) is 0.962. The lowest BCUT2D eigenvalue weighted by molar-refractivity contribution is -0.384. The Morgan fingerprint density at radius 3 is 2.88 bits per heavy atom. The van der Waals surface area contributed by atoms with E-state index in [1.165, 1.54) is 12.3 Å². The minimum absolute atomic E-state index is 0.0920. The predicted molar refractivity (Wildman–Crippen MR) is 61.0 cm³/mol. The number of carboxylic acids is 1. The van der Waals surface area contributed by atoms with Crippen LogP contribution in [0.3, 0.4) is 0 Å². The molecule has 1 unspecified atom stereocenters. The highest BCUT2D eigenvalue weighted by molar-refractivity contribution is 5.68. The first-order valence-corrected chi connectivity index (χ1v) is 4.99. The maximum absolute atomic E-state index is 10.8. The van der Waals surface area contributed by atoms with Crippen molar-refractivity contribution in [3.05, 3.63) is 27.9 Å². The van der Waals surface area contributed by atoms with Gasteiger partial charge in [0.2, 0.25) is 5.82 Å². The van der Waals surface area contributed by atoms with Crippen LogP contribution in [0.25, 0.3) is 0 Å². The number of pyridine rings is 1. The third kappa shape index (κ3) is 3.71. The van der Waals surface area contributed by atoms with E-state index in [9.17, 15) is 14.9 Å². The van der Waals surface area contributed by atoms with Crippen molar-refractivity contribution in [2.24, 2.45) is 0 Å². The number of hydrogen-bond acceptors (Lipinski definition) is 5. The summed E-state index contributed by atoms with van der Waals surface area (Å²) in [4.78, 5) is 24.6. The quantitative estimate of drug-likeness (QED) is 0.596. The molecule has 1 aromatic heterocycles. The molecular formula is C10H13N3O4. The second kappa shape index (κ2) is 5.24. The average molecular weight is 239 g/mol. The van der Waals surface area contributed by atoms with Crippen LogP contribution in [0.4, 0.5) is 11.5 Å². The van der Waals surface area contributed by atoms with E-state index in [0.717, 1.165) is 0 Å². The number of hydrogen-bond donors (Lipinski definition) is 2. The minimum atomic E-state index is -0.972. The first-order chi connectivity index (χ1) is 7.90. The zero-order valence-electron chi connectivity index (χ0n) is 9.51. The molecular weight excluding hydrogens is 226 g/mol. The molecule has 2 N–H and O–H groups in total. The van der Waals surface area contributed by atoms with Crippen molar-refractivity contribution >= 4 is 17.5 Å². The summed E-state index contributed by atoms with van der Waals surface area (Å²) >= 11 is 0. The van der Waals surface area contributed by atoms with Gasteiger partial charge in [-0.3, -0.25) is 14.9 Å². The van der Waals surface area contributed by atoms with Gasteiger partial charge in [-0.2, -0.15) is 0 Å². The molecule has 0 aliphatic carbocycles. The van der Waals surface area contributed by atoms with Crippen molar-refractivity contribution in [1.29, 1.82) is 0 Å². The van der Waals surface area contributed by atoms with Gasteiger partial charge in [-0.1, -0.05) is 0 Å². The molecule has 7 heteroatoms. The lowest BCUT2D eigenvalue weighted by atomic mass is 10.2. The van der Waals surface area contributed by atoms with Crippen molar-refractivity contribution < 1.29 is 14.8 Å². The fourth-order valence-electron chi connectivity index (χ4n) is 1.35. The number of aliphatic carboxylic acids is 1. The summed E-state index contributed by atoms with van der Waals surface area (Å²) in [6.45, 7) is 3.32. The van der Waals surface area contributed by atoms with Crippen molar-refractivity contribution in [3.63, 3.8) is 0 Å². The van der Waals surface area contributed by atoms with Gasteiger partial charge in [0.1, 0.15) is 0 Å². The van der Waals surface area contributed by atoms with E-state index in [1.54, 1.807) is 13.8 Å². The third-order valence-corrected chi connectivity index (χ3v) is 2.06. The van der Waals surface area contributed by atoms with Gasteiger partial charge in [0.25, 0.3) is 0 Å². The van der Waals surface area contributed by atoms with Crippen molar-refractivity contribution in [3.8, 4) is 0 Å². The molecule has 0 bridgehead atoms. The molecule has 0 aliphatic rings. The lowest BCUT2D eigenvalue weighted by Gasteiger charge is -2.12. The van der Waals surface area contributed by atoms with E-state index in [1.807, 2.05) is 0 Å². The molecule has 0 fully saturated rings. The van der Waals surface area contributed by atoms with Gasteiger partial charge in [0, 0.05) is 18.3 Å². The van der Waals surface area contributed by atoms with Crippen LogP contribution in [0.1, 0.15) is 18.9 Å². The highest BCUT2D eigenvalue weighted by atomic mass is 16.6. The largest absolute Gasteiger partial charge is 0.481 e. The Kier molecular flexibility index (Phi) is 3.97. The third-order valence-electron chi connectivity index (χ3n) is 2.06. The molecule has 17 heavy (non-hydrogen) atoms. The molecule has 1 rings (SSSR count). The Labute approximate surface area is 97.6 Å². The summed E-state index contributed by atoms with van der Waals surface area (Å²) in [7, 11) is 0. The number of carboxylic acid groups (broad SMARTS) is 1. The molecule has 0 saturated heterocycles. The Morgan fingerprint density at radius 2 is 2.35 bits per heavy atom. The van der Waals surface area contributed by atoms with Crippen LogP contribution in [0, 0.1) is 17.0 Å². The molecule has 0 amide bonds. The van der Waals surface area contributed by atoms with Crippen LogP contribution in [0.15, 0.2) is 12.3 Å². The maximum atomic E-state index is 10.8. The second-order valence-corrected chi connectivity index (χ2v) is 3.78. The fourth-order valence-corrected chi connectivity index (χ4v) is 1.35. The number of nitrogens with zero attached hydrogens (tertiary/aromatic N) is 2. The van der Waals surface area contributed by atoms with E-state index < -0.39 is 16.9 Å². The Bertz CT molecular complexity index is 447. The molecule has 92 valence electrons. The van der Waals surface area contributed by atoms with E-state index in [0.29, 0.717) is 5.56 Å². The molecule has 0 aliphatic heterocycles. The van der Waals surface area contributed by atoms with Gasteiger partial charge >= 0.3 is 11.7 Å². The SMILES string of the molecule is Cc1cnc(NC(C)CC(=O)O)c([N+](=O)[O-])c1. The van der Waals surface area contributed by atoms with Gasteiger partial charge in [-0.25, -0.2) is 4.98 Å². The van der Waals surface area contributed by atoms with Gasteiger partial charge in [-0.15, -0.1) is 0 Å². The van der Waals surface area contributed by atoms with Crippen LogP contribution >= 0.6 is 0 Å². The molecule has 0 radical (unpaired) electrons. The molecule has 1 heterocycles. The number of carbonyl (C=O) groups is 1. The first kappa shape index (κ1) is 12.9. The van der Waals surface area contributed by atoms with Crippen molar-refractivity contribution in [1.82, 2.24) is 4.98 Å². The van der Waals surface area contributed by atoms with Gasteiger partial charge in [-0.05, 0) is 19.4 Å². The molecule has 1 atom stereocenters. The van der Waals surface area contributed by atoms with E-state index in [-0.39, 0.29) is 17.9 Å². The predicted octanol–water partition coefficient (Wildman–Crippen LogP) is 1.57. The van der Waals surface area contributed by atoms with Crippen LogP contribution in [-0.4, -0.2) is 27.0 Å². The Morgan fingerprint density at radius 1 is 1.71 bits per heavy atom. The van der Waals surface area contributed by atoms with Gasteiger partial charge in [0.05, 0.1) is 11.3 Å². The average Bonchev–Trinajstić information content (AvgIpc) is 2.19. The number of rotatable bonds is 5. The summed E-state index contributed by atoms with van der Waals surface area (Å²) in [5, 5.41) is 22.1. The normalized spacial score (nSPS) is 11.9. The fraction of sp³-hybridized carbons (Fsp3) is 0.400. The van der Waals surface area contributed by atoms with E-state index in [4.69, 9.17) is 5.11 Å². The zero-order valence-corrected chi connectivity index (χ0v) is 9.51. The van der Waals surface area contributed by atoms with Crippen LogP contribution in [0.5, 0.6) is 0 Å². The molecule has 0 spiro atoms. The number of nitro groups is 1. The highest BCUT2D eigenvalue weighted by Crippen LogP contribution is 2.23. The van der Waals surface area contributed by atoms with Crippen LogP contribution < -0.4 is 5.32 Å². The molecule has 0 aromatic carbocycles. The van der Waals surface area contributed by atoms with E-state index >= 15 is 0 Å². The molecule has 0 saturated carbocycles. The smallest absolute Gasteiger partial charge is 0.311 e. The Balaban J connectivity index is 2.90. The zero-order chi connectivity index (χ0) is 13.0. The van der Waals surface area contributed by atoms with Crippen LogP contribution in [0.2, 0.25) is 0 Å². The summed E-state index contributed by atoms with van der Waals surface area (Å²) < 4.78 is 0. The van der Waals surface area contributed by atoms with Gasteiger partial charge < -0.3 is 10.4 Å². The highest BCUT2D eigenvalue weighted by Gasteiger charge is 2.18.